The molecule has 0 atom stereocenters. The Morgan fingerprint density at radius 2 is 2.19 bits per heavy atom. The number of hydrogen-bond acceptors (Lipinski definition) is 5. The molecule has 21 heavy (non-hydrogen) atoms. The number of nitrogens with zero attached hydrogens (tertiary/aromatic N) is 4. The summed E-state index contributed by atoms with van der Waals surface area (Å²) in [6.45, 7) is 1.74. The highest BCUT2D eigenvalue weighted by molar-refractivity contribution is 7.99. The fourth-order valence-electron chi connectivity index (χ4n) is 1.73. The van der Waals surface area contributed by atoms with Gasteiger partial charge in [-0.2, -0.15) is 5.10 Å². The van der Waals surface area contributed by atoms with Gasteiger partial charge in [-0.05, 0) is 13.0 Å². The molecule has 0 aliphatic heterocycles. The van der Waals surface area contributed by atoms with Gasteiger partial charge in [0.1, 0.15) is 5.69 Å². The van der Waals surface area contributed by atoms with Gasteiger partial charge in [-0.25, -0.2) is 18.7 Å². The van der Waals surface area contributed by atoms with Gasteiger partial charge in [0.05, 0.1) is 17.1 Å². The van der Waals surface area contributed by atoms with Gasteiger partial charge in [-0.1, -0.05) is 11.8 Å². The molecule has 2 heterocycles. The Hall–Kier alpha value is -2.03. The summed E-state index contributed by atoms with van der Waals surface area (Å²) < 4.78 is 27.4. The summed E-state index contributed by atoms with van der Waals surface area (Å²) in [5.74, 6) is -1.36. The zero-order valence-electron chi connectivity index (χ0n) is 11.2. The third kappa shape index (κ3) is 3.75. The highest BCUT2D eigenvalue weighted by Crippen LogP contribution is 2.27. The molecule has 1 N–H and O–H groups in total. The van der Waals surface area contributed by atoms with Crippen LogP contribution in [0.1, 0.15) is 17.8 Å². The molecule has 0 aliphatic rings. The minimum absolute atomic E-state index is 0.00783. The molecule has 0 saturated heterocycles. The predicted molar refractivity (Wildman–Crippen MR) is 72.3 cm³/mol. The molecule has 0 bridgehead atoms. The van der Waals surface area contributed by atoms with Crippen molar-refractivity contribution in [2.75, 3.05) is 5.75 Å². The third-order valence-electron chi connectivity index (χ3n) is 2.56. The van der Waals surface area contributed by atoms with E-state index in [1.54, 1.807) is 24.9 Å². The Bertz CT molecular complexity index is 675. The van der Waals surface area contributed by atoms with Gasteiger partial charge in [0.2, 0.25) is 0 Å². The van der Waals surface area contributed by atoms with Gasteiger partial charge in [0.15, 0.2) is 5.16 Å². The van der Waals surface area contributed by atoms with Crippen molar-refractivity contribution in [2.45, 2.75) is 18.5 Å². The Kier molecular flexibility index (Phi) is 4.51. The van der Waals surface area contributed by atoms with E-state index in [-0.39, 0.29) is 10.9 Å². The van der Waals surface area contributed by atoms with E-state index in [4.69, 9.17) is 5.11 Å². The van der Waals surface area contributed by atoms with Crippen LogP contribution in [0.5, 0.6) is 0 Å². The first-order chi connectivity index (χ1) is 9.86. The Balaban J connectivity index is 2.44. The van der Waals surface area contributed by atoms with E-state index in [9.17, 15) is 13.6 Å². The number of aromatic nitrogens is 4. The minimum atomic E-state index is -2.76. The highest BCUT2D eigenvalue weighted by atomic mass is 32.2. The highest BCUT2D eigenvalue weighted by Gasteiger charge is 2.17. The second kappa shape index (κ2) is 6.17. The first-order valence-corrected chi connectivity index (χ1v) is 6.87. The van der Waals surface area contributed by atoms with Gasteiger partial charge >= 0.3 is 5.97 Å². The number of carbonyl (C=O) groups is 1. The van der Waals surface area contributed by atoms with Crippen LogP contribution >= 0.6 is 11.8 Å². The van der Waals surface area contributed by atoms with Crippen LogP contribution in [0, 0.1) is 6.92 Å². The van der Waals surface area contributed by atoms with E-state index in [0.29, 0.717) is 17.0 Å². The van der Waals surface area contributed by atoms with Gasteiger partial charge in [0, 0.05) is 18.8 Å². The van der Waals surface area contributed by atoms with Crippen molar-refractivity contribution in [3.8, 4) is 11.3 Å². The van der Waals surface area contributed by atoms with Crippen LogP contribution in [-0.4, -0.2) is 36.6 Å². The van der Waals surface area contributed by atoms with E-state index < -0.39 is 18.1 Å². The van der Waals surface area contributed by atoms with Crippen LogP contribution in [0.3, 0.4) is 0 Å². The number of aryl methyl sites for hydroxylation is 2. The van der Waals surface area contributed by atoms with E-state index in [1.165, 1.54) is 6.07 Å². The molecular formula is C12H12F2N4O2S. The number of halogens is 2. The van der Waals surface area contributed by atoms with E-state index in [1.807, 2.05) is 0 Å². The number of rotatable bonds is 5. The topological polar surface area (TPSA) is 80.9 Å². The number of carboxylic acid groups (broad SMARTS) is 1. The standard InChI is InChI=1S/C12H12F2N4O2S/c1-6-7(4-18(2)17-6)8-3-9(11(13)14)16-12(15-8)21-5-10(19)20/h3-4,11H,5H2,1-2H3,(H,19,20). The molecule has 0 aliphatic carbocycles. The van der Waals surface area contributed by atoms with E-state index in [0.717, 1.165) is 11.8 Å². The lowest BCUT2D eigenvalue weighted by Crippen LogP contribution is -2.02. The van der Waals surface area contributed by atoms with Crippen molar-refractivity contribution in [2.24, 2.45) is 7.05 Å². The Labute approximate surface area is 123 Å². The van der Waals surface area contributed by atoms with Crippen molar-refractivity contribution in [1.29, 1.82) is 0 Å². The first-order valence-electron chi connectivity index (χ1n) is 5.89. The lowest BCUT2D eigenvalue weighted by atomic mass is 10.2. The summed E-state index contributed by atoms with van der Waals surface area (Å²) in [5.41, 5.74) is 1.12. The SMILES string of the molecule is Cc1nn(C)cc1-c1cc(C(F)F)nc(SCC(=O)O)n1. The molecule has 0 aromatic carbocycles. The van der Waals surface area contributed by atoms with E-state index >= 15 is 0 Å². The van der Waals surface area contributed by atoms with Gasteiger partial charge in [-0.3, -0.25) is 9.48 Å². The summed E-state index contributed by atoms with van der Waals surface area (Å²) in [7, 11) is 1.71. The smallest absolute Gasteiger partial charge is 0.313 e. The molecule has 0 unspecified atom stereocenters. The Morgan fingerprint density at radius 3 is 2.71 bits per heavy atom. The summed E-state index contributed by atoms with van der Waals surface area (Å²) in [6.07, 6.45) is -1.09. The lowest BCUT2D eigenvalue weighted by molar-refractivity contribution is -0.133. The number of alkyl halides is 2. The van der Waals surface area contributed by atoms with Gasteiger partial charge < -0.3 is 5.11 Å². The molecule has 0 fully saturated rings. The first kappa shape index (κ1) is 15.4. The summed E-state index contributed by atoms with van der Waals surface area (Å²) in [6, 6.07) is 1.19. The molecule has 2 aromatic rings. The molecule has 112 valence electrons. The average molecular weight is 314 g/mol. The quantitative estimate of drug-likeness (QED) is 0.674. The maximum absolute atomic E-state index is 12.9. The van der Waals surface area contributed by atoms with Crippen LogP contribution in [-0.2, 0) is 11.8 Å². The molecule has 2 aromatic heterocycles. The second-order valence-electron chi connectivity index (χ2n) is 4.25. The molecular weight excluding hydrogens is 302 g/mol. The monoisotopic (exact) mass is 314 g/mol. The Morgan fingerprint density at radius 1 is 1.48 bits per heavy atom. The zero-order chi connectivity index (χ0) is 15.6. The lowest BCUT2D eigenvalue weighted by Gasteiger charge is -2.06. The predicted octanol–water partition coefficient (Wildman–Crippen LogP) is 2.30. The molecule has 0 radical (unpaired) electrons. The van der Waals surface area contributed by atoms with Crippen molar-refractivity contribution in [1.82, 2.24) is 19.7 Å². The van der Waals surface area contributed by atoms with Crippen molar-refractivity contribution in [3.63, 3.8) is 0 Å². The van der Waals surface area contributed by atoms with Crippen LogP contribution in [0.25, 0.3) is 11.3 Å². The summed E-state index contributed by atoms with van der Waals surface area (Å²) >= 11 is 0.799. The largest absolute Gasteiger partial charge is 0.481 e. The summed E-state index contributed by atoms with van der Waals surface area (Å²) in [5, 5.41) is 12.8. The van der Waals surface area contributed by atoms with Gasteiger partial charge in [-0.15, -0.1) is 0 Å². The number of hydrogen-bond donors (Lipinski definition) is 1. The van der Waals surface area contributed by atoms with Crippen LogP contribution in [0.4, 0.5) is 8.78 Å². The molecule has 9 heteroatoms. The van der Waals surface area contributed by atoms with Crippen molar-refractivity contribution >= 4 is 17.7 Å². The molecule has 0 amide bonds. The summed E-state index contributed by atoms with van der Waals surface area (Å²) in [4.78, 5) is 18.4. The van der Waals surface area contributed by atoms with Crippen molar-refractivity contribution < 1.29 is 18.7 Å². The molecule has 0 spiro atoms. The third-order valence-corrected chi connectivity index (χ3v) is 3.40. The van der Waals surface area contributed by atoms with Crippen LogP contribution < -0.4 is 0 Å². The molecule has 2 rings (SSSR count). The molecule has 0 saturated carbocycles. The normalized spacial score (nSPS) is 11.1. The average Bonchev–Trinajstić information content (AvgIpc) is 2.75. The minimum Gasteiger partial charge on any atom is -0.481 e. The van der Waals surface area contributed by atoms with E-state index in [2.05, 4.69) is 15.1 Å². The number of aliphatic carboxylic acids is 1. The second-order valence-corrected chi connectivity index (χ2v) is 5.19. The molecule has 6 nitrogen and oxygen atoms in total. The maximum Gasteiger partial charge on any atom is 0.313 e. The van der Waals surface area contributed by atoms with Crippen LogP contribution in [0.15, 0.2) is 17.4 Å². The fraction of sp³-hybridized carbons (Fsp3) is 0.333. The van der Waals surface area contributed by atoms with Gasteiger partial charge in [0.25, 0.3) is 6.43 Å². The number of carboxylic acids is 1. The zero-order valence-corrected chi connectivity index (χ0v) is 12.1. The fourth-order valence-corrected chi connectivity index (χ4v) is 2.32. The van der Waals surface area contributed by atoms with Crippen molar-refractivity contribution in [3.05, 3.63) is 23.7 Å². The maximum atomic E-state index is 12.9. The van der Waals surface area contributed by atoms with Crippen LogP contribution in [0.2, 0.25) is 0 Å². The number of thioether (sulfide) groups is 1.